The highest BCUT2D eigenvalue weighted by molar-refractivity contribution is 7.14. The standard InChI is InChI=1S/C18H18N6OS/c1-11-3-4-17(23-22-11)24-6-5-15-14(24)7-16(26-15)18(25)21-10-13-9-19-12(2)8-20-13/h3-4,7-9H,5-6,10H2,1-2H3,(H,21,25). The molecule has 0 bridgehead atoms. The van der Waals surface area contributed by atoms with Crippen LogP contribution in [-0.4, -0.2) is 32.6 Å². The summed E-state index contributed by atoms with van der Waals surface area (Å²) in [5.74, 6) is 0.718. The first-order valence-corrected chi connectivity index (χ1v) is 9.18. The highest BCUT2D eigenvalue weighted by atomic mass is 32.1. The van der Waals surface area contributed by atoms with Crippen molar-refractivity contribution in [3.8, 4) is 0 Å². The average molecular weight is 366 g/mol. The third-order valence-electron chi connectivity index (χ3n) is 4.19. The van der Waals surface area contributed by atoms with E-state index in [1.807, 2.05) is 32.0 Å². The number of anilines is 2. The summed E-state index contributed by atoms with van der Waals surface area (Å²) in [5.41, 5.74) is 3.53. The van der Waals surface area contributed by atoms with Gasteiger partial charge in [0.1, 0.15) is 0 Å². The van der Waals surface area contributed by atoms with Crippen LogP contribution in [0.15, 0.2) is 30.6 Å². The third kappa shape index (κ3) is 3.28. The zero-order chi connectivity index (χ0) is 18.1. The SMILES string of the molecule is Cc1cnc(CNC(=O)c2cc3c(s2)CCN3c2ccc(C)nn2)cn1. The van der Waals surface area contributed by atoms with E-state index in [9.17, 15) is 4.79 Å². The van der Waals surface area contributed by atoms with Crippen LogP contribution in [0.5, 0.6) is 0 Å². The predicted octanol–water partition coefficient (Wildman–Crippen LogP) is 2.57. The van der Waals surface area contributed by atoms with E-state index in [1.54, 1.807) is 12.4 Å². The monoisotopic (exact) mass is 366 g/mol. The maximum Gasteiger partial charge on any atom is 0.261 e. The Morgan fingerprint density at radius 3 is 2.81 bits per heavy atom. The molecule has 0 aliphatic carbocycles. The number of aryl methyl sites for hydroxylation is 2. The summed E-state index contributed by atoms with van der Waals surface area (Å²) >= 11 is 1.53. The molecule has 0 saturated heterocycles. The van der Waals surface area contributed by atoms with Crippen LogP contribution in [0.1, 0.15) is 31.6 Å². The predicted molar refractivity (Wildman–Crippen MR) is 99.7 cm³/mol. The van der Waals surface area contributed by atoms with E-state index in [-0.39, 0.29) is 5.91 Å². The minimum atomic E-state index is -0.0956. The number of rotatable bonds is 4. The fourth-order valence-corrected chi connectivity index (χ4v) is 3.88. The minimum absolute atomic E-state index is 0.0956. The molecule has 1 amide bonds. The molecular weight excluding hydrogens is 348 g/mol. The number of hydrogen-bond donors (Lipinski definition) is 1. The fraction of sp³-hybridized carbons (Fsp3) is 0.278. The summed E-state index contributed by atoms with van der Waals surface area (Å²) in [5, 5.41) is 11.3. The third-order valence-corrected chi connectivity index (χ3v) is 5.37. The van der Waals surface area contributed by atoms with Gasteiger partial charge in [0.05, 0.1) is 40.4 Å². The minimum Gasteiger partial charge on any atom is -0.346 e. The van der Waals surface area contributed by atoms with Gasteiger partial charge in [-0.15, -0.1) is 16.4 Å². The van der Waals surface area contributed by atoms with Gasteiger partial charge in [0, 0.05) is 24.0 Å². The summed E-state index contributed by atoms with van der Waals surface area (Å²) in [7, 11) is 0. The summed E-state index contributed by atoms with van der Waals surface area (Å²) in [6.45, 7) is 5.02. The topological polar surface area (TPSA) is 83.9 Å². The number of amides is 1. The van der Waals surface area contributed by atoms with Crippen molar-refractivity contribution in [2.75, 3.05) is 11.4 Å². The number of nitrogens with one attached hydrogen (secondary N) is 1. The number of carbonyl (C=O) groups is 1. The molecule has 0 aromatic carbocycles. The van der Waals surface area contributed by atoms with Gasteiger partial charge in [-0.3, -0.25) is 14.8 Å². The molecule has 4 rings (SSSR count). The Balaban J connectivity index is 1.47. The number of fused-ring (bicyclic) bond motifs is 1. The van der Waals surface area contributed by atoms with Crippen molar-refractivity contribution in [1.29, 1.82) is 0 Å². The van der Waals surface area contributed by atoms with E-state index in [4.69, 9.17) is 0 Å². The quantitative estimate of drug-likeness (QED) is 0.764. The fourth-order valence-electron chi connectivity index (χ4n) is 2.81. The van der Waals surface area contributed by atoms with Crippen LogP contribution < -0.4 is 10.2 Å². The van der Waals surface area contributed by atoms with Crippen molar-refractivity contribution in [2.24, 2.45) is 0 Å². The lowest BCUT2D eigenvalue weighted by Crippen LogP contribution is -2.23. The first-order valence-electron chi connectivity index (χ1n) is 8.36. The summed E-state index contributed by atoms with van der Waals surface area (Å²) in [4.78, 5) is 24.9. The number of hydrogen-bond acceptors (Lipinski definition) is 7. The first kappa shape index (κ1) is 16.6. The maximum atomic E-state index is 12.5. The summed E-state index contributed by atoms with van der Waals surface area (Å²) < 4.78 is 0. The smallest absolute Gasteiger partial charge is 0.261 e. The zero-order valence-corrected chi connectivity index (χ0v) is 15.4. The van der Waals surface area contributed by atoms with E-state index >= 15 is 0 Å². The average Bonchev–Trinajstić information content (AvgIpc) is 3.23. The number of nitrogens with zero attached hydrogens (tertiary/aromatic N) is 5. The second kappa shape index (κ2) is 6.80. The molecule has 0 radical (unpaired) electrons. The molecule has 0 atom stereocenters. The van der Waals surface area contributed by atoms with Gasteiger partial charge in [0.2, 0.25) is 0 Å². The number of thiophene rings is 1. The number of carbonyl (C=O) groups excluding carboxylic acids is 1. The molecule has 0 unspecified atom stereocenters. The van der Waals surface area contributed by atoms with Crippen LogP contribution in [0.25, 0.3) is 0 Å². The van der Waals surface area contributed by atoms with Crippen molar-refractivity contribution < 1.29 is 4.79 Å². The van der Waals surface area contributed by atoms with Crippen LogP contribution in [0.3, 0.4) is 0 Å². The van der Waals surface area contributed by atoms with Crippen LogP contribution in [0.4, 0.5) is 11.5 Å². The van der Waals surface area contributed by atoms with Gasteiger partial charge in [-0.05, 0) is 32.0 Å². The van der Waals surface area contributed by atoms with Gasteiger partial charge in [0.15, 0.2) is 5.82 Å². The molecule has 3 aromatic heterocycles. The van der Waals surface area contributed by atoms with E-state index < -0.39 is 0 Å². The molecule has 1 aliphatic heterocycles. The first-order chi connectivity index (χ1) is 12.6. The van der Waals surface area contributed by atoms with Crippen molar-refractivity contribution in [3.63, 3.8) is 0 Å². The molecule has 26 heavy (non-hydrogen) atoms. The number of aromatic nitrogens is 4. The van der Waals surface area contributed by atoms with Crippen LogP contribution >= 0.6 is 11.3 Å². The summed E-state index contributed by atoms with van der Waals surface area (Å²) in [6, 6.07) is 5.85. The maximum absolute atomic E-state index is 12.5. The molecule has 1 aliphatic rings. The molecule has 3 aromatic rings. The van der Waals surface area contributed by atoms with Crippen molar-refractivity contribution in [3.05, 3.63) is 57.4 Å². The Morgan fingerprint density at radius 2 is 2.08 bits per heavy atom. The second-order valence-corrected chi connectivity index (χ2v) is 7.32. The zero-order valence-electron chi connectivity index (χ0n) is 14.6. The van der Waals surface area contributed by atoms with E-state index in [0.29, 0.717) is 11.4 Å². The van der Waals surface area contributed by atoms with Gasteiger partial charge in [0.25, 0.3) is 5.91 Å². The Labute approximate surface area is 155 Å². The van der Waals surface area contributed by atoms with Crippen LogP contribution in [-0.2, 0) is 13.0 Å². The van der Waals surface area contributed by atoms with Gasteiger partial charge in [-0.2, -0.15) is 5.10 Å². The lowest BCUT2D eigenvalue weighted by molar-refractivity contribution is 0.0954. The van der Waals surface area contributed by atoms with Gasteiger partial charge < -0.3 is 10.2 Å². The van der Waals surface area contributed by atoms with Gasteiger partial charge in [-0.1, -0.05) is 0 Å². The molecule has 1 N–H and O–H groups in total. The molecule has 0 spiro atoms. The van der Waals surface area contributed by atoms with Gasteiger partial charge in [-0.25, -0.2) is 0 Å². The second-order valence-electron chi connectivity index (χ2n) is 6.19. The lowest BCUT2D eigenvalue weighted by atomic mass is 10.3. The Bertz CT molecular complexity index is 935. The van der Waals surface area contributed by atoms with Crippen molar-refractivity contribution in [1.82, 2.24) is 25.5 Å². The molecule has 8 heteroatoms. The van der Waals surface area contributed by atoms with Crippen LogP contribution in [0.2, 0.25) is 0 Å². The highest BCUT2D eigenvalue weighted by Crippen LogP contribution is 2.39. The molecular formula is C18H18N6OS. The van der Waals surface area contributed by atoms with Gasteiger partial charge >= 0.3 is 0 Å². The largest absolute Gasteiger partial charge is 0.346 e. The van der Waals surface area contributed by atoms with E-state index in [0.717, 1.165) is 41.6 Å². The Kier molecular flexibility index (Phi) is 4.34. The Morgan fingerprint density at radius 1 is 1.19 bits per heavy atom. The van der Waals surface area contributed by atoms with Crippen molar-refractivity contribution >= 4 is 28.7 Å². The highest BCUT2D eigenvalue weighted by Gasteiger charge is 2.26. The molecule has 4 heterocycles. The normalized spacial score (nSPS) is 12.9. The van der Waals surface area contributed by atoms with E-state index in [1.165, 1.54) is 16.2 Å². The van der Waals surface area contributed by atoms with Crippen molar-refractivity contribution in [2.45, 2.75) is 26.8 Å². The van der Waals surface area contributed by atoms with E-state index in [2.05, 4.69) is 30.4 Å². The molecule has 0 fully saturated rings. The molecule has 0 saturated carbocycles. The van der Waals surface area contributed by atoms with Crippen LogP contribution in [0, 0.1) is 13.8 Å². The Hall–Kier alpha value is -2.87. The lowest BCUT2D eigenvalue weighted by Gasteiger charge is -2.16. The summed E-state index contributed by atoms with van der Waals surface area (Å²) in [6.07, 6.45) is 4.29. The molecule has 132 valence electrons. The molecule has 7 nitrogen and oxygen atoms in total.